The van der Waals surface area contributed by atoms with Crippen LogP contribution in [0.2, 0.25) is 0 Å². The van der Waals surface area contributed by atoms with Gasteiger partial charge in [-0.3, -0.25) is 9.59 Å². The van der Waals surface area contributed by atoms with Gasteiger partial charge in [-0.15, -0.1) is 0 Å². The molecule has 7 heteroatoms. The first kappa shape index (κ1) is 21.5. The normalized spacial score (nSPS) is 14.3. The average Bonchev–Trinajstić information content (AvgIpc) is 2.79. The molecule has 1 aliphatic heterocycles. The van der Waals surface area contributed by atoms with Gasteiger partial charge in [0.1, 0.15) is 0 Å². The van der Waals surface area contributed by atoms with E-state index in [4.69, 9.17) is 0 Å². The van der Waals surface area contributed by atoms with Crippen LogP contribution in [0.3, 0.4) is 0 Å². The van der Waals surface area contributed by atoms with Crippen LogP contribution in [0.4, 0.5) is 5.69 Å². The van der Waals surface area contributed by atoms with E-state index in [9.17, 15) is 14.4 Å². The Bertz CT molecular complexity index is 903. The topological polar surface area (TPSA) is 80.2 Å². The molecule has 0 unspecified atom stereocenters. The van der Waals surface area contributed by atoms with E-state index in [2.05, 4.69) is 17.0 Å². The number of carbonyl (C=O) groups is 3. The molecule has 0 spiro atoms. The third-order valence-electron chi connectivity index (χ3n) is 5.39. The summed E-state index contributed by atoms with van der Waals surface area (Å²) in [4.78, 5) is 39.6. The quantitative estimate of drug-likeness (QED) is 0.697. The summed E-state index contributed by atoms with van der Waals surface area (Å²) in [5.41, 5.74) is 2.95. The van der Waals surface area contributed by atoms with E-state index in [0.717, 1.165) is 35.7 Å². The van der Waals surface area contributed by atoms with Crippen molar-refractivity contribution in [2.45, 2.75) is 13.3 Å². The maximum absolute atomic E-state index is 12.7. The highest BCUT2D eigenvalue weighted by Gasteiger charge is 2.26. The number of hydrogen-bond acceptors (Lipinski definition) is 4. The molecule has 2 aromatic rings. The summed E-state index contributed by atoms with van der Waals surface area (Å²) in [7, 11) is 1.33. The summed E-state index contributed by atoms with van der Waals surface area (Å²) >= 11 is 0. The maximum atomic E-state index is 12.7. The molecule has 7 nitrogen and oxygen atoms in total. The molecule has 158 valence electrons. The van der Waals surface area contributed by atoms with Crippen LogP contribution in [0.25, 0.3) is 0 Å². The zero-order valence-corrected chi connectivity index (χ0v) is 17.4. The molecular weight excluding hydrogens is 382 g/mol. The van der Waals surface area contributed by atoms with Gasteiger partial charge in [0.15, 0.2) is 6.54 Å². The molecule has 2 amide bonds. The standard InChI is InChI=1S/C23H27N3O4/c1-3-17-6-4-5-7-20(17)24-21(27)16-25-12-14-26(15-13-25)22(28)18-8-10-19(11-9-18)23(29)30-2/h4-11H,3,12-16H2,1-2H3,(H,24,27)/p+1. The van der Waals surface area contributed by atoms with Gasteiger partial charge in [0.2, 0.25) is 0 Å². The minimum atomic E-state index is -0.425. The summed E-state index contributed by atoms with van der Waals surface area (Å²) in [5, 5.41) is 3.01. The van der Waals surface area contributed by atoms with Crippen LogP contribution in [-0.4, -0.2) is 62.5 Å². The number of ether oxygens (including phenoxy) is 1. The molecule has 0 aliphatic carbocycles. The van der Waals surface area contributed by atoms with Crippen LogP contribution in [-0.2, 0) is 16.0 Å². The van der Waals surface area contributed by atoms with Crippen molar-refractivity contribution in [3.63, 3.8) is 0 Å². The highest BCUT2D eigenvalue weighted by atomic mass is 16.5. The molecule has 0 radical (unpaired) electrons. The van der Waals surface area contributed by atoms with Crippen molar-refractivity contribution in [3.05, 3.63) is 65.2 Å². The van der Waals surface area contributed by atoms with Crippen molar-refractivity contribution in [2.75, 3.05) is 45.2 Å². The van der Waals surface area contributed by atoms with Crippen LogP contribution >= 0.6 is 0 Å². The Morgan fingerprint density at radius 2 is 1.63 bits per heavy atom. The molecule has 1 aliphatic rings. The van der Waals surface area contributed by atoms with Crippen LogP contribution < -0.4 is 10.2 Å². The lowest BCUT2D eigenvalue weighted by Gasteiger charge is -2.32. The van der Waals surface area contributed by atoms with Crippen molar-refractivity contribution >= 4 is 23.5 Å². The van der Waals surface area contributed by atoms with E-state index in [1.807, 2.05) is 24.3 Å². The number of rotatable bonds is 6. The van der Waals surface area contributed by atoms with Gasteiger partial charge in [0.05, 0.1) is 38.9 Å². The van der Waals surface area contributed by atoms with Crippen LogP contribution in [0, 0.1) is 0 Å². The van der Waals surface area contributed by atoms with Gasteiger partial charge >= 0.3 is 5.97 Å². The summed E-state index contributed by atoms with van der Waals surface area (Å²) in [6.45, 7) is 5.06. The van der Waals surface area contributed by atoms with Crippen molar-refractivity contribution in [1.82, 2.24) is 4.90 Å². The summed E-state index contributed by atoms with van der Waals surface area (Å²) < 4.78 is 4.68. The van der Waals surface area contributed by atoms with Gasteiger partial charge < -0.3 is 19.9 Å². The van der Waals surface area contributed by atoms with Crippen molar-refractivity contribution < 1.29 is 24.0 Å². The Morgan fingerprint density at radius 3 is 2.27 bits per heavy atom. The predicted molar refractivity (Wildman–Crippen MR) is 114 cm³/mol. The Kier molecular flexibility index (Phi) is 7.19. The number of quaternary nitrogens is 1. The summed E-state index contributed by atoms with van der Waals surface area (Å²) in [5.74, 6) is -0.498. The minimum Gasteiger partial charge on any atom is -0.465 e. The molecule has 0 atom stereocenters. The van der Waals surface area contributed by atoms with Crippen LogP contribution in [0.15, 0.2) is 48.5 Å². The Balaban J connectivity index is 1.50. The number of carbonyl (C=O) groups excluding carboxylic acids is 3. The number of benzene rings is 2. The molecule has 1 heterocycles. The number of nitrogens with zero attached hydrogens (tertiary/aromatic N) is 1. The molecule has 0 bridgehead atoms. The van der Waals surface area contributed by atoms with Gasteiger partial charge in [-0.05, 0) is 42.3 Å². The number of hydrogen-bond donors (Lipinski definition) is 2. The Morgan fingerprint density at radius 1 is 1.00 bits per heavy atom. The second-order valence-corrected chi connectivity index (χ2v) is 7.35. The average molecular weight is 410 g/mol. The van der Waals surface area contributed by atoms with Crippen molar-refractivity contribution in [1.29, 1.82) is 0 Å². The third kappa shape index (κ3) is 5.24. The monoisotopic (exact) mass is 410 g/mol. The predicted octanol–water partition coefficient (Wildman–Crippen LogP) is 1.02. The Labute approximate surface area is 176 Å². The van der Waals surface area contributed by atoms with Crippen molar-refractivity contribution in [2.24, 2.45) is 0 Å². The SMILES string of the molecule is CCc1ccccc1NC(=O)C[NH+]1CCN(C(=O)c2ccc(C(=O)OC)cc2)CC1. The molecular formula is C23H28N3O4+. The lowest BCUT2D eigenvalue weighted by Crippen LogP contribution is -3.15. The largest absolute Gasteiger partial charge is 0.465 e. The molecule has 0 saturated carbocycles. The number of amides is 2. The Hall–Kier alpha value is -3.19. The first-order valence-electron chi connectivity index (χ1n) is 10.2. The molecule has 3 rings (SSSR count). The zero-order chi connectivity index (χ0) is 21.5. The lowest BCUT2D eigenvalue weighted by molar-refractivity contribution is -0.895. The van der Waals surface area contributed by atoms with E-state index in [-0.39, 0.29) is 11.8 Å². The first-order valence-corrected chi connectivity index (χ1v) is 10.2. The van der Waals surface area contributed by atoms with E-state index >= 15 is 0 Å². The summed E-state index contributed by atoms with van der Waals surface area (Å²) in [6, 6.07) is 14.3. The number of anilines is 1. The van der Waals surface area contributed by atoms with Gasteiger partial charge in [-0.25, -0.2) is 4.79 Å². The van der Waals surface area contributed by atoms with Crippen molar-refractivity contribution in [3.8, 4) is 0 Å². The van der Waals surface area contributed by atoms with E-state index in [1.165, 1.54) is 7.11 Å². The fraction of sp³-hybridized carbons (Fsp3) is 0.348. The van der Waals surface area contributed by atoms with Gasteiger partial charge in [0, 0.05) is 11.3 Å². The summed E-state index contributed by atoms with van der Waals surface area (Å²) in [6.07, 6.45) is 0.866. The van der Waals surface area contributed by atoms with E-state index in [0.29, 0.717) is 30.8 Å². The lowest BCUT2D eigenvalue weighted by atomic mass is 10.1. The molecule has 2 N–H and O–H groups in total. The number of esters is 1. The van der Waals surface area contributed by atoms with E-state index < -0.39 is 5.97 Å². The highest BCUT2D eigenvalue weighted by Crippen LogP contribution is 2.15. The third-order valence-corrected chi connectivity index (χ3v) is 5.39. The van der Waals surface area contributed by atoms with Gasteiger partial charge in [0.25, 0.3) is 11.8 Å². The molecule has 1 saturated heterocycles. The zero-order valence-electron chi connectivity index (χ0n) is 17.4. The highest BCUT2D eigenvalue weighted by molar-refractivity contribution is 5.96. The second kappa shape index (κ2) is 10.0. The first-order chi connectivity index (χ1) is 14.5. The molecule has 2 aromatic carbocycles. The van der Waals surface area contributed by atoms with E-state index in [1.54, 1.807) is 29.2 Å². The second-order valence-electron chi connectivity index (χ2n) is 7.35. The number of methoxy groups -OCH3 is 1. The van der Waals surface area contributed by atoms with Gasteiger partial charge in [-0.1, -0.05) is 25.1 Å². The number of para-hydroxylation sites is 1. The number of aryl methyl sites for hydroxylation is 1. The number of nitrogens with one attached hydrogen (secondary N) is 2. The van der Waals surface area contributed by atoms with Crippen LogP contribution in [0.1, 0.15) is 33.2 Å². The smallest absolute Gasteiger partial charge is 0.337 e. The van der Waals surface area contributed by atoms with Crippen LogP contribution in [0.5, 0.6) is 0 Å². The molecule has 1 fully saturated rings. The molecule has 30 heavy (non-hydrogen) atoms. The maximum Gasteiger partial charge on any atom is 0.337 e. The van der Waals surface area contributed by atoms with Gasteiger partial charge in [-0.2, -0.15) is 0 Å². The fourth-order valence-electron chi connectivity index (χ4n) is 3.62. The minimum absolute atomic E-state index is 0.0101. The molecule has 0 aromatic heterocycles. The fourth-order valence-corrected chi connectivity index (χ4v) is 3.62. The number of piperazine rings is 1.